The Balaban J connectivity index is 2.47. The van der Waals surface area contributed by atoms with Gasteiger partial charge in [0.2, 0.25) is 10.0 Å². The summed E-state index contributed by atoms with van der Waals surface area (Å²) in [6.45, 7) is 0. The molecule has 8 heteroatoms. The molecule has 0 aromatic heterocycles. The van der Waals surface area contributed by atoms with Crippen LogP contribution in [0, 0.1) is 0 Å². The first-order chi connectivity index (χ1) is 9.81. The van der Waals surface area contributed by atoms with Gasteiger partial charge in [-0.1, -0.05) is 15.9 Å². The average molecular weight is 372 g/mol. The number of halogens is 1. The molecule has 5 N–H and O–H groups in total. The molecular weight excluding hydrogens is 358 g/mol. The third-order valence-corrected chi connectivity index (χ3v) is 4.19. The smallest absolute Gasteiger partial charge is 0.238 e. The maximum Gasteiger partial charge on any atom is 0.238 e. The van der Waals surface area contributed by atoms with Gasteiger partial charge in [0.1, 0.15) is 5.75 Å². The largest absolute Gasteiger partial charge is 0.495 e. The Morgan fingerprint density at radius 3 is 2.48 bits per heavy atom. The lowest BCUT2D eigenvalue weighted by molar-refractivity contribution is 0.417. The molecule has 0 fully saturated rings. The van der Waals surface area contributed by atoms with E-state index in [-0.39, 0.29) is 4.90 Å². The molecule has 0 bridgehead atoms. The van der Waals surface area contributed by atoms with E-state index in [9.17, 15) is 8.42 Å². The molecule has 0 unspecified atom stereocenters. The lowest BCUT2D eigenvalue weighted by Gasteiger charge is -2.14. The molecule has 0 aliphatic rings. The molecule has 0 radical (unpaired) electrons. The minimum absolute atomic E-state index is 0.0202. The zero-order valence-corrected chi connectivity index (χ0v) is 13.5. The molecule has 112 valence electrons. The van der Waals surface area contributed by atoms with Crippen molar-refractivity contribution in [3.05, 3.63) is 40.9 Å². The average Bonchev–Trinajstić information content (AvgIpc) is 2.40. The quantitative estimate of drug-likeness (QED) is 0.715. The topological polar surface area (TPSA) is 107 Å². The van der Waals surface area contributed by atoms with E-state index < -0.39 is 10.0 Å². The predicted molar refractivity (Wildman–Crippen MR) is 86.2 cm³/mol. The summed E-state index contributed by atoms with van der Waals surface area (Å²) in [5, 5.41) is 8.17. The number of nitrogens with one attached hydrogen (secondary N) is 1. The van der Waals surface area contributed by atoms with Gasteiger partial charge in [0.05, 0.1) is 29.1 Å². The number of primary sulfonamides is 1. The number of sulfonamides is 1. The van der Waals surface area contributed by atoms with Crippen molar-refractivity contribution >= 4 is 43.0 Å². The summed E-state index contributed by atoms with van der Waals surface area (Å²) in [4.78, 5) is -0.0202. The maximum absolute atomic E-state index is 11.4. The van der Waals surface area contributed by atoms with Gasteiger partial charge in [0.25, 0.3) is 0 Å². The van der Waals surface area contributed by atoms with Gasteiger partial charge in [-0.3, -0.25) is 0 Å². The monoisotopic (exact) mass is 371 g/mol. The molecule has 0 amide bonds. The van der Waals surface area contributed by atoms with Crippen LogP contribution in [0.15, 0.2) is 45.8 Å². The Hall–Kier alpha value is -1.77. The Bertz CT molecular complexity index is 778. The zero-order valence-electron chi connectivity index (χ0n) is 11.1. The van der Waals surface area contributed by atoms with Crippen LogP contribution in [-0.2, 0) is 10.0 Å². The van der Waals surface area contributed by atoms with E-state index in [4.69, 9.17) is 15.6 Å². The fraction of sp³-hybridized carbons (Fsp3) is 0.0769. The first kappa shape index (κ1) is 15.6. The molecule has 0 spiro atoms. The van der Waals surface area contributed by atoms with Crippen molar-refractivity contribution < 1.29 is 13.2 Å². The fourth-order valence-corrected chi connectivity index (χ4v) is 2.64. The first-order valence-electron chi connectivity index (χ1n) is 5.84. The molecule has 2 aromatic rings. The summed E-state index contributed by atoms with van der Waals surface area (Å²) in [5.74, 6) is 0.596. The lowest BCUT2D eigenvalue weighted by atomic mass is 10.2. The fourth-order valence-electron chi connectivity index (χ4n) is 1.74. The number of hydrogen-bond donors (Lipinski definition) is 3. The highest BCUT2D eigenvalue weighted by atomic mass is 79.9. The van der Waals surface area contributed by atoms with Crippen LogP contribution < -0.4 is 20.9 Å². The summed E-state index contributed by atoms with van der Waals surface area (Å²) in [6, 6.07) is 9.60. The number of benzene rings is 2. The van der Waals surface area contributed by atoms with Gasteiger partial charge in [0, 0.05) is 4.47 Å². The number of anilines is 3. The van der Waals surface area contributed by atoms with E-state index >= 15 is 0 Å². The molecule has 2 rings (SSSR count). The Kier molecular flexibility index (Phi) is 4.40. The SMILES string of the molecule is COc1ccc(Br)cc1Nc1cc(S(N)(=O)=O)ccc1N. The van der Waals surface area contributed by atoms with E-state index in [1.54, 1.807) is 19.2 Å². The molecule has 0 heterocycles. The van der Waals surface area contributed by atoms with Crippen LogP contribution in [0.5, 0.6) is 5.75 Å². The summed E-state index contributed by atoms with van der Waals surface area (Å²) in [7, 11) is -2.25. The van der Waals surface area contributed by atoms with E-state index in [0.29, 0.717) is 22.8 Å². The molecule has 0 aliphatic heterocycles. The number of ether oxygens (including phenoxy) is 1. The highest BCUT2D eigenvalue weighted by molar-refractivity contribution is 9.10. The van der Waals surface area contributed by atoms with Crippen LogP contribution in [0.25, 0.3) is 0 Å². The second-order valence-corrected chi connectivity index (χ2v) is 6.74. The van der Waals surface area contributed by atoms with Crippen LogP contribution in [0.3, 0.4) is 0 Å². The highest BCUT2D eigenvalue weighted by Gasteiger charge is 2.12. The second-order valence-electron chi connectivity index (χ2n) is 4.26. The molecule has 21 heavy (non-hydrogen) atoms. The van der Waals surface area contributed by atoms with Crippen LogP contribution >= 0.6 is 15.9 Å². The summed E-state index contributed by atoms with van der Waals surface area (Å²) >= 11 is 3.36. The third kappa shape index (κ3) is 3.66. The van der Waals surface area contributed by atoms with Crippen molar-refractivity contribution in [3.63, 3.8) is 0 Å². The Labute approximate surface area is 131 Å². The van der Waals surface area contributed by atoms with E-state index in [1.807, 2.05) is 6.07 Å². The van der Waals surface area contributed by atoms with Crippen molar-refractivity contribution in [2.45, 2.75) is 4.90 Å². The van der Waals surface area contributed by atoms with E-state index in [2.05, 4.69) is 21.2 Å². The number of hydrogen-bond acceptors (Lipinski definition) is 5. The summed E-state index contributed by atoms with van der Waals surface area (Å²) < 4.78 is 28.9. The number of nitrogens with two attached hydrogens (primary N) is 2. The number of rotatable bonds is 4. The maximum atomic E-state index is 11.4. The van der Waals surface area contributed by atoms with Gasteiger partial charge in [-0.2, -0.15) is 0 Å². The Morgan fingerprint density at radius 2 is 1.86 bits per heavy atom. The van der Waals surface area contributed by atoms with E-state index in [0.717, 1.165) is 4.47 Å². The van der Waals surface area contributed by atoms with Crippen LogP contribution in [-0.4, -0.2) is 15.5 Å². The number of methoxy groups -OCH3 is 1. The first-order valence-corrected chi connectivity index (χ1v) is 8.18. The van der Waals surface area contributed by atoms with Gasteiger partial charge >= 0.3 is 0 Å². The molecule has 2 aromatic carbocycles. The molecular formula is C13H14BrN3O3S. The summed E-state index contributed by atoms with van der Waals surface area (Å²) in [5.41, 5.74) is 7.32. The molecule has 0 saturated carbocycles. The highest BCUT2D eigenvalue weighted by Crippen LogP contribution is 2.33. The van der Waals surface area contributed by atoms with Gasteiger partial charge in [0.15, 0.2) is 0 Å². The second kappa shape index (κ2) is 5.92. The van der Waals surface area contributed by atoms with Gasteiger partial charge < -0.3 is 15.8 Å². The zero-order chi connectivity index (χ0) is 15.6. The van der Waals surface area contributed by atoms with E-state index in [1.165, 1.54) is 18.2 Å². The van der Waals surface area contributed by atoms with Gasteiger partial charge in [-0.05, 0) is 36.4 Å². The van der Waals surface area contributed by atoms with Crippen LogP contribution in [0.2, 0.25) is 0 Å². The number of nitrogen functional groups attached to an aromatic ring is 1. The summed E-state index contributed by atoms with van der Waals surface area (Å²) in [6.07, 6.45) is 0. The molecule has 6 nitrogen and oxygen atoms in total. The van der Waals surface area contributed by atoms with Gasteiger partial charge in [-0.25, -0.2) is 13.6 Å². The standard InChI is InChI=1S/C13H14BrN3O3S/c1-20-13-5-2-8(14)6-12(13)17-11-7-9(21(16,18)19)3-4-10(11)15/h2-7,17H,15H2,1H3,(H2,16,18,19). The molecule has 0 saturated heterocycles. The van der Waals surface area contributed by atoms with Crippen molar-refractivity contribution in [2.75, 3.05) is 18.2 Å². The van der Waals surface area contributed by atoms with Crippen molar-refractivity contribution in [1.29, 1.82) is 0 Å². The molecule has 0 atom stereocenters. The Morgan fingerprint density at radius 1 is 1.14 bits per heavy atom. The van der Waals surface area contributed by atoms with Gasteiger partial charge in [-0.15, -0.1) is 0 Å². The minimum Gasteiger partial charge on any atom is -0.495 e. The predicted octanol–water partition coefficient (Wildman–Crippen LogP) is 2.43. The van der Waals surface area contributed by atoms with Crippen LogP contribution in [0.4, 0.5) is 17.1 Å². The van der Waals surface area contributed by atoms with Crippen molar-refractivity contribution in [2.24, 2.45) is 5.14 Å². The normalized spacial score (nSPS) is 11.2. The van der Waals surface area contributed by atoms with Crippen molar-refractivity contribution in [3.8, 4) is 5.75 Å². The minimum atomic E-state index is -3.79. The lowest BCUT2D eigenvalue weighted by Crippen LogP contribution is -2.12. The third-order valence-electron chi connectivity index (χ3n) is 2.78. The van der Waals surface area contributed by atoms with Crippen LogP contribution in [0.1, 0.15) is 0 Å². The van der Waals surface area contributed by atoms with Crippen molar-refractivity contribution in [1.82, 2.24) is 0 Å². The molecule has 0 aliphatic carbocycles.